The number of hydrogen-bond donors (Lipinski definition) is 3. The summed E-state index contributed by atoms with van der Waals surface area (Å²) in [7, 11) is -0.578. The van der Waals surface area contributed by atoms with Crippen molar-refractivity contribution in [1.29, 1.82) is 0 Å². The van der Waals surface area contributed by atoms with Crippen molar-refractivity contribution in [2.75, 3.05) is 70.9 Å². The second kappa shape index (κ2) is 12.3. The van der Waals surface area contributed by atoms with E-state index in [0.29, 0.717) is 60.8 Å². The molecule has 3 aromatic rings. The molecule has 11 nitrogen and oxygen atoms in total. The first-order valence-corrected chi connectivity index (χ1v) is 14.9. The first-order chi connectivity index (χ1) is 18.9. The lowest BCUT2D eigenvalue weighted by atomic mass is 10.1. The van der Waals surface area contributed by atoms with Gasteiger partial charge in [0.05, 0.1) is 59.8 Å². The molecule has 39 heavy (non-hydrogen) atoms. The number of morpholine rings is 1. The molecule has 2 aliphatic rings. The van der Waals surface area contributed by atoms with Crippen LogP contribution in [0.5, 0.6) is 5.75 Å². The van der Waals surface area contributed by atoms with Crippen molar-refractivity contribution in [3.63, 3.8) is 0 Å². The van der Waals surface area contributed by atoms with Gasteiger partial charge in [-0.2, -0.15) is 4.31 Å². The quantitative estimate of drug-likeness (QED) is 0.308. The highest BCUT2D eigenvalue weighted by molar-refractivity contribution is 7.89. The van der Waals surface area contributed by atoms with E-state index >= 15 is 0 Å². The van der Waals surface area contributed by atoms with Gasteiger partial charge in [-0.25, -0.2) is 13.4 Å². The van der Waals surface area contributed by atoms with Gasteiger partial charge in [0.2, 0.25) is 10.0 Å². The van der Waals surface area contributed by atoms with Gasteiger partial charge in [0.25, 0.3) is 0 Å². The Morgan fingerprint density at radius 2 is 1.97 bits per heavy atom. The molecular weight excluding hydrogens is 544 g/mol. The fourth-order valence-electron chi connectivity index (χ4n) is 5.20. The van der Waals surface area contributed by atoms with Crippen LogP contribution in [0.25, 0.3) is 11.0 Å². The summed E-state index contributed by atoms with van der Waals surface area (Å²) in [5.41, 5.74) is 2.00. The molecule has 4 heterocycles. The molecule has 2 saturated heterocycles. The predicted molar refractivity (Wildman–Crippen MR) is 152 cm³/mol. The van der Waals surface area contributed by atoms with Crippen LogP contribution in [-0.4, -0.2) is 94.0 Å². The Balaban J connectivity index is 1.41. The number of nitrogens with zero attached hydrogens (tertiary/aromatic N) is 3. The Hall–Kier alpha value is -2.61. The Kier molecular flexibility index (Phi) is 8.79. The summed E-state index contributed by atoms with van der Waals surface area (Å²) in [5.74, 6) is 0.939. The molecule has 13 heteroatoms. The number of sulfonamides is 1. The van der Waals surface area contributed by atoms with Crippen molar-refractivity contribution in [3.8, 4) is 5.75 Å². The zero-order valence-corrected chi connectivity index (χ0v) is 23.8. The highest BCUT2D eigenvalue weighted by Crippen LogP contribution is 2.36. The standard InChI is InChI=1S/C26H35ClN6O5S/c1-36-12-8-28-21-16-23(31-26-25(21)19(27)17-29-26)30-20-7-6-18(15-22(20)37-2)39(34,35)33-9-4-3-5-24(33)32-10-13-38-14-11-32/h6-7,15-17,24H,3-5,8-14H2,1-2H3,(H3,28,29,30,31). The second-order valence-corrected chi connectivity index (χ2v) is 11.9. The van der Waals surface area contributed by atoms with Crippen LogP contribution < -0.4 is 15.4 Å². The van der Waals surface area contributed by atoms with E-state index in [0.717, 1.165) is 43.4 Å². The SMILES string of the molecule is COCCNc1cc(Nc2ccc(S(=O)(=O)N3CCCCC3N3CCOCC3)cc2OC)nc2[nH]cc(Cl)c12. The number of hydrogen-bond acceptors (Lipinski definition) is 9. The van der Waals surface area contributed by atoms with Gasteiger partial charge in [-0.1, -0.05) is 11.6 Å². The van der Waals surface area contributed by atoms with Crippen LogP contribution in [0.2, 0.25) is 5.02 Å². The molecule has 0 amide bonds. The summed E-state index contributed by atoms with van der Waals surface area (Å²) in [6.07, 6.45) is 4.19. The minimum absolute atomic E-state index is 0.163. The number of piperidine rings is 1. The third-order valence-corrected chi connectivity index (χ3v) is 9.34. The molecule has 2 aliphatic heterocycles. The number of methoxy groups -OCH3 is 2. The van der Waals surface area contributed by atoms with Crippen molar-refractivity contribution in [2.24, 2.45) is 0 Å². The Labute approximate surface area is 233 Å². The Bertz CT molecular complexity index is 1390. The van der Waals surface area contributed by atoms with Gasteiger partial charge in [-0.3, -0.25) is 4.90 Å². The summed E-state index contributed by atoms with van der Waals surface area (Å²) in [4.78, 5) is 10.2. The molecule has 212 valence electrons. The molecule has 3 N–H and O–H groups in total. The van der Waals surface area contributed by atoms with Crippen LogP contribution in [0.1, 0.15) is 19.3 Å². The van der Waals surface area contributed by atoms with Crippen LogP contribution in [-0.2, 0) is 19.5 Å². The molecular formula is C26H35ClN6O5S. The van der Waals surface area contributed by atoms with Crippen molar-refractivity contribution in [1.82, 2.24) is 19.2 Å². The molecule has 0 saturated carbocycles. The van der Waals surface area contributed by atoms with E-state index < -0.39 is 10.0 Å². The second-order valence-electron chi connectivity index (χ2n) is 9.56. The van der Waals surface area contributed by atoms with Gasteiger partial charge in [0.1, 0.15) is 17.2 Å². The average molecular weight is 579 g/mol. The molecule has 2 fully saturated rings. The number of aromatic amines is 1. The molecule has 0 radical (unpaired) electrons. The number of ether oxygens (including phenoxy) is 3. The van der Waals surface area contributed by atoms with Gasteiger partial charge in [0, 0.05) is 51.6 Å². The number of anilines is 3. The molecule has 1 unspecified atom stereocenters. The van der Waals surface area contributed by atoms with Crippen LogP contribution in [0.4, 0.5) is 17.2 Å². The molecule has 2 aromatic heterocycles. The lowest BCUT2D eigenvalue weighted by Gasteiger charge is -2.43. The minimum atomic E-state index is -3.74. The van der Waals surface area contributed by atoms with E-state index in [2.05, 4.69) is 25.5 Å². The third kappa shape index (κ3) is 5.96. The Morgan fingerprint density at radius 3 is 2.74 bits per heavy atom. The van der Waals surface area contributed by atoms with E-state index in [1.165, 1.54) is 7.11 Å². The number of halogens is 1. The molecule has 0 bridgehead atoms. The summed E-state index contributed by atoms with van der Waals surface area (Å²) in [5, 5.41) is 7.94. The zero-order chi connectivity index (χ0) is 27.4. The molecule has 1 aromatic carbocycles. The van der Waals surface area contributed by atoms with Gasteiger partial charge < -0.3 is 29.8 Å². The highest BCUT2D eigenvalue weighted by atomic mass is 35.5. The number of benzene rings is 1. The smallest absolute Gasteiger partial charge is 0.244 e. The molecule has 0 spiro atoms. The number of fused-ring (bicyclic) bond motifs is 1. The maximum Gasteiger partial charge on any atom is 0.244 e. The first kappa shape index (κ1) is 27.9. The van der Waals surface area contributed by atoms with Crippen LogP contribution in [0.15, 0.2) is 35.4 Å². The average Bonchev–Trinajstić information content (AvgIpc) is 3.34. The predicted octanol–water partition coefficient (Wildman–Crippen LogP) is 3.86. The van der Waals surface area contributed by atoms with E-state index in [1.807, 2.05) is 6.07 Å². The largest absolute Gasteiger partial charge is 0.495 e. The van der Waals surface area contributed by atoms with Gasteiger partial charge in [-0.15, -0.1) is 0 Å². The monoisotopic (exact) mass is 578 g/mol. The zero-order valence-electron chi connectivity index (χ0n) is 22.2. The van der Waals surface area contributed by atoms with Crippen LogP contribution in [0.3, 0.4) is 0 Å². The number of aromatic nitrogens is 2. The van der Waals surface area contributed by atoms with Crippen molar-refractivity contribution >= 4 is 49.9 Å². The third-order valence-electron chi connectivity index (χ3n) is 7.15. The lowest BCUT2D eigenvalue weighted by molar-refractivity contribution is -0.0215. The summed E-state index contributed by atoms with van der Waals surface area (Å²) >= 11 is 6.38. The fourth-order valence-corrected chi connectivity index (χ4v) is 7.14. The molecule has 0 aliphatic carbocycles. The fraction of sp³-hybridized carbons (Fsp3) is 0.500. The number of H-pyrrole nitrogens is 1. The van der Waals surface area contributed by atoms with Gasteiger partial charge in [0.15, 0.2) is 0 Å². The van der Waals surface area contributed by atoms with Crippen molar-refractivity contribution in [2.45, 2.75) is 30.3 Å². The van der Waals surface area contributed by atoms with Crippen molar-refractivity contribution < 1.29 is 22.6 Å². The van der Waals surface area contributed by atoms with E-state index in [-0.39, 0.29) is 11.1 Å². The minimum Gasteiger partial charge on any atom is -0.495 e. The van der Waals surface area contributed by atoms with Gasteiger partial charge >= 0.3 is 0 Å². The van der Waals surface area contributed by atoms with E-state index in [4.69, 9.17) is 25.8 Å². The van der Waals surface area contributed by atoms with E-state index in [1.54, 1.807) is 35.8 Å². The molecule has 1 atom stereocenters. The number of pyridine rings is 1. The van der Waals surface area contributed by atoms with Crippen LogP contribution >= 0.6 is 11.6 Å². The maximum atomic E-state index is 13.8. The van der Waals surface area contributed by atoms with E-state index in [9.17, 15) is 8.42 Å². The number of nitrogens with one attached hydrogen (secondary N) is 3. The van der Waals surface area contributed by atoms with Crippen LogP contribution in [0, 0.1) is 0 Å². The summed E-state index contributed by atoms with van der Waals surface area (Å²) in [6.45, 7) is 4.32. The lowest BCUT2D eigenvalue weighted by Crippen LogP contribution is -2.55. The van der Waals surface area contributed by atoms with Gasteiger partial charge in [-0.05, 0) is 31.4 Å². The summed E-state index contributed by atoms with van der Waals surface area (Å²) in [6, 6.07) is 6.75. The number of rotatable bonds is 10. The Morgan fingerprint density at radius 1 is 1.15 bits per heavy atom. The molecule has 5 rings (SSSR count). The summed E-state index contributed by atoms with van der Waals surface area (Å²) < 4.78 is 45.6. The first-order valence-electron chi connectivity index (χ1n) is 13.1. The highest BCUT2D eigenvalue weighted by Gasteiger charge is 2.37. The maximum absolute atomic E-state index is 13.8. The normalized spacial score (nSPS) is 19.3. The van der Waals surface area contributed by atoms with Crippen molar-refractivity contribution in [3.05, 3.63) is 35.5 Å². The topological polar surface area (TPSA) is 121 Å².